The van der Waals surface area contributed by atoms with E-state index < -0.39 is 15.9 Å². The lowest BCUT2D eigenvalue weighted by Crippen LogP contribution is -2.31. The van der Waals surface area contributed by atoms with E-state index in [1.807, 2.05) is 6.07 Å². The summed E-state index contributed by atoms with van der Waals surface area (Å²) in [6.45, 7) is 4.10. The molecule has 0 radical (unpaired) electrons. The molecular formula is C19H20ClN3O4S2. The van der Waals surface area contributed by atoms with Gasteiger partial charge in [0.25, 0.3) is 5.91 Å². The number of amides is 1. The fraction of sp³-hybridized carbons (Fsp3) is 0.263. The van der Waals surface area contributed by atoms with E-state index in [9.17, 15) is 13.2 Å². The molecule has 3 rings (SSSR count). The molecule has 0 fully saturated rings. The average molecular weight is 454 g/mol. The van der Waals surface area contributed by atoms with E-state index in [0.29, 0.717) is 24.0 Å². The van der Waals surface area contributed by atoms with E-state index in [1.165, 1.54) is 33.8 Å². The molecule has 3 aromatic rings. The predicted octanol–water partition coefficient (Wildman–Crippen LogP) is 4.24. The van der Waals surface area contributed by atoms with Gasteiger partial charge in [0.05, 0.1) is 22.3 Å². The Hall–Kier alpha value is -2.20. The minimum Gasteiger partial charge on any atom is -0.497 e. The normalized spacial score (nSPS) is 11.8. The monoisotopic (exact) mass is 453 g/mol. The van der Waals surface area contributed by atoms with Gasteiger partial charge in [-0.1, -0.05) is 36.8 Å². The number of carbonyl (C=O) groups is 1. The lowest BCUT2D eigenvalue weighted by Gasteiger charge is -2.19. The number of anilines is 1. The number of benzene rings is 2. The molecule has 0 aliphatic carbocycles. The highest BCUT2D eigenvalue weighted by Gasteiger charge is 2.25. The van der Waals surface area contributed by atoms with Crippen LogP contribution in [-0.2, 0) is 10.0 Å². The third-order valence-corrected chi connectivity index (χ3v) is 7.80. The van der Waals surface area contributed by atoms with Crippen molar-refractivity contribution in [3.05, 3.63) is 47.0 Å². The van der Waals surface area contributed by atoms with Crippen LogP contribution in [0.3, 0.4) is 0 Å². The molecule has 1 N–H and O–H groups in total. The van der Waals surface area contributed by atoms with Crippen molar-refractivity contribution in [3.63, 3.8) is 0 Å². The minimum absolute atomic E-state index is 0.0699. The van der Waals surface area contributed by atoms with Crippen molar-refractivity contribution in [3.8, 4) is 5.75 Å². The standard InChI is InChI=1S/C19H20ClN3O4S2/c1-4-23(5-2)29(25,26)17-10-12(6-8-14(17)20)18(24)22-19-21-15-9-7-13(27-3)11-16(15)28-19/h6-11H,4-5H2,1-3H3,(H,21,22,24). The topological polar surface area (TPSA) is 88.6 Å². The third kappa shape index (κ3) is 4.37. The average Bonchev–Trinajstić information content (AvgIpc) is 3.09. The molecular weight excluding hydrogens is 434 g/mol. The van der Waals surface area contributed by atoms with Gasteiger partial charge < -0.3 is 4.74 Å². The number of rotatable bonds is 7. The summed E-state index contributed by atoms with van der Waals surface area (Å²) in [6, 6.07) is 9.61. The van der Waals surface area contributed by atoms with Gasteiger partial charge in [-0.3, -0.25) is 10.1 Å². The molecule has 0 aliphatic rings. The first-order chi connectivity index (χ1) is 13.8. The van der Waals surface area contributed by atoms with Crippen LogP contribution >= 0.6 is 22.9 Å². The smallest absolute Gasteiger partial charge is 0.257 e. The Morgan fingerprint density at radius 3 is 2.59 bits per heavy atom. The Morgan fingerprint density at radius 2 is 1.93 bits per heavy atom. The first kappa shape index (κ1) is 21.5. The van der Waals surface area contributed by atoms with Gasteiger partial charge in [0.2, 0.25) is 10.0 Å². The molecule has 0 saturated carbocycles. The molecule has 154 valence electrons. The summed E-state index contributed by atoms with van der Waals surface area (Å²) in [5.74, 6) is 0.228. The van der Waals surface area contributed by atoms with Crippen LogP contribution in [0.15, 0.2) is 41.3 Å². The van der Waals surface area contributed by atoms with Gasteiger partial charge in [0, 0.05) is 18.7 Å². The Bertz CT molecular complexity index is 1160. The number of hydrogen-bond donors (Lipinski definition) is 1. The van der Waals surface area contributed by atoms with Crippen molar-refractivity contribution in [2.45, 2.75) is 18.7 Å². The van der Waals surface area contributed by atoms with Crippen LogP contribution in [0.25, 0.3) is 10.2 Å². The number of fused-ring (bicyclic) bond motifs is 1. The number of aromatic nitrogens is 1. The van der Waals surface area contributed by atoms with Crippen LogP contribution < -0.4 is 10.1 Å². The maximum absolute atomic E-state index is 12.8. The molecule has 2 aromatic carbocycles. The number of sulfonamides is 1. The van der Waals surface area contributed by atoms with Crippen molar-refractivity contribution in [2.75, 3.05) is 25.5 Å². The maximum Gasteiger partial charge on any atom is 0.257 e. The summed E-state index contributed by atoms with van der Waals surface area (Å²) in [7, 11) is -2.22. The molecule has 1 aromatic heterocycles. The summed E-state index contributed by atoms with van der Waals surface area (Å²) in [6.07, 6.45) is 0. The first-order valence-electron chi connectivity index (χ1n) is 8.85. The molecule has 1 heterocycles. The first-order valence-corrected chi connectivity index (χ1v) is 11.5. The summed E-state index contributed by atoms with van der Waals surface area (Å²) in [4.78, 5) is 17.0. The van der Waals surface area contributed by atoms with Gasteiger partial charge in [0.15, 0.2) is 5.13 Å². The van der Waals surface area contributed by atoms with Crippen LogP contribution in [-0.4, -0.2) is 43.8 Å². The number of thiazole rings is 1. The van der Waals surface area contributed by atoms with Crippen molar-refractivity contribution in [1.29, 1.82) is 0 Å². The third-order valence-electron chi connectivity index (χ3n) is 4.33. The number of hydrogen-bond acceptors (Lipinski definition) is 6. The summed E-state index contributed by atoms with van der Waals surface area (Å²) in [5.41, 5.74) is 0.906. The minimum atomic E-state index is -3.79. The second-order valence-corrected chi connectivity index (χ2v) is 9.39. The number of carbonyl (C=O) groups excluding carboxylic acids is 1. The van der Waals surface area contributed by atoms with Gasteiger partial charge >= 0.3 is 0 Å². The van der Waals surface area contributed by atoms with Crippen LogP contribution in [0.5, 0.6) is 5.75 Å². The van der Waals surface area contributed by atoms with Crippen molar-refractivity contribution >= 4 is 54.2 Å². The highest BCUT2D eigenvalue weighted by molar-refractivity contribution is 7.89. The van der Waals surface area contributed by atoms with Crippen molar-refractivity contribution in [1.82, 2.24) is 9.29 Å². The van der Waals surface area contributed by atoms with E-state index in [4.69, 9.17) is 16.3 Å². The fourth-order valence-electron chi connectivity index (χ4n) is 2.80. The van der Waals surface area contributed by atoms with Crippen molar-refractivity contribution in [2.24, 2.45) is 0 Å². The predicted molar refractivity (Wildman–Crippen MR) is 116 cm³/mol. The van der Waals surface area contributed by atoms with Crippen LogP contribution in [0, 0.1) is 0 Å². The fourth-order valence-corrected chi connectivity index (χ4v) is 5.65. The van der Waals surface area contributed by atoms with E-state index >= 15 is 0 Å². The number of nitrogens with zero attached hydrogens (tertiary/aromatic N) is 2. The molecule has 7 nitrogen and oxygen atoms in total. The summed E-state index contributed by atoms with van der Waals surface area (Å²) in [5, 5.41) is 3.19. The zero-order valence-corrected chi connectivity index (χ0v) is 18.5. The molecule has 0 atom stereocenters. The van der Waals surface area contributed by atoms with Gasteiger partial charge in [-0.2, -0.15) is 4.31 Å². The Kier molecular flexibility index (Phi) is 6.42. The second kappa shape index (κ2) is 8.66. The van der Waals surface area contributed by atoms with E-state index in [0.717, 1.165) is 10.2 Å². The zero-order chi connectivity index (χ0) is 21.2. The molecule has 0 spiro atoms. The highest BCUT2D eigenvalue weighted by atomic mass is 35.5. The van der Waals surface area contributed by atoms with Gasteiger partial charge in [-0.25, -0.2) is 13.4 Å². The molecule has 1 amide bonds. The summed E-state index contributed by atoms with van der Waals surface area (Å²) < 4.78 is 33.0. The maximum atomic E-state index is 12.8. The molecule has 0 aliphatic heterocycles. The number of nitrogens with one attached hydrogen (secondary N) is 1. The number of halogens is 1. The highest BCUT2D eigenvalue weighted by Crippen LogP contribution is 2.30. The molecule has 29 heavy (non-hydrogen) atoms. The van der Waals surface area contributed by atoms with Crippen LogP contribution in [0.2, 0.25) is 5.02 Å². The van der Waals surface area contributed by atoms with Gasteiger partial charge in [-0.15, -0.1) is 0 Å². The Morgan fingerprint density at radius 1 is 1.21 bits per heavy atom. The van der Waals surface area contributed by atoms with E-state index in [-0.39, 0.29) is 15.5 Å². The van der Waals surface area contributed by atoms with E-state index in [2.05, 4.69) is 10.3 Å². The number of methoxy groups -OCH3 is 1. The van der Waals surface area contributed by atoms with Gasteiger partial charge in [-0.05, 0) is 36.4 Å². The van der Waals surface area contributed by atoms with Gasteiger partial charge in [0.1, 0.15) is 10.6 Å². The SMILES string of the molecule is CCN(CC)S(=O)(=O)c1cc(C(=O)Nc2nc3ccc(OC)cc3s2)ccc1Cl. The lowest BCUT2D eigenvalue weighted by atomic mass is 10.2. The molecule has 0 bridgehead atoms. The zero-order valence-electron chi connectivity index (χ0n) is 16.1. The molecule has 0 saturated heterocycles. The van der Waals surface area contributed by atoms with E-state index in [1.54, 1.807) is 33.1 Å². The second-order valence-electron chi connectivity index (χ2n) is 6.04. The number of ether oxygens (including phenoxy) is 1. The Balaban J connectivity index is 1.90. The quantitative estimate of drug-likeness (QED) is 0.578. The molecule has 0 unspecified atom stereocenters. The lowest BCUT2D eigenvalue weighted by molar-refractivity contribution is 0.102. The van der Waals surface area contributed by atoms with Crippen LogP contribution in [0.4, 0.5) is 5.13 Å². The van der Waals surface area contributed by atoms with Crippen LogP contribution in [0.1, 0.15) is 24.2 Å². The summed E-state index contributed by atoms with van der Waals surface area (Å²) >= 11 is 7.43. The largest absolute Gasteiger partial charge is 0.497 e. The van der Waals surface area contributed by atoms with Crippen molar-refractivity contribution < 1.29 is 17.9 Å². The molecule has 10 heteroatoms. The Labute approximate surface area is 178 Å².